The number of nitrogens with one attached hydrogen (secondary N) is 2. The van der Waals surface area contributed by atoms with E-state index in [1.807, 2.05) is 12.1 Å². The number of ether oxygens (including phenoxy) is 2. The van der Waals surface area contributed by atoms with Gasteiger partial charge in [-0.05, 0) is 6.07 Å². The van der Waals surface area contributed by atoms with Gasteiger partial charge in [-0.3, -0.25) is 5.43 Å². The zero-order chi connectivity index (χ0) is 14.8. The van der Waals surface area contributed by atoms with Crippen LogP contribution < -0.4 is 20.3 Å². The summed E-state index contributed by atoms with van der Waals surface area (Å²) in [5.41, 5.74) is 6.60. The van der Waals surface area contributed by atoms with Crippen LogP contribution in [-0.2, 0) is 9.84 Å². The van der Waals surface area contributed by atoms with Gasteiger partial charge in [-0.25, -0.2) is 13.8 Å². The third-order valence-corrected chi connectivity index (χ3v) is 5.58. The molecule has 20 heavy (non-hydrogen) atoms. The second kappa shape index (κ2) is 5.99. The highest BCUT2D eigenvalue weighted by molar-refractivity contribution is 7.92. The van der Waals surface area contributed by atoms with E-state index in [0.717, 1.165) is 5.56 Å². The number of hydrogen-bond acceptors (Lipinski definition) is 6. The van der Waals surface area contributed by atoms with Gasteiger partial charge in [-0.1, -0.05) is 19.1 Å². The molecule has 1 saturated heterocycles. The van der Waals surface area contributed by atoms with Crippen LogP contribution in [0.15, 0.2) is 18.2 Å². The molecule has 0 amide bonds. The van der Waals surface area contributed by atoms with Gasteiger partial charge in [-0.15, -0.1) is 0 Å². The SMILES string of the molecule is CCS(=O)(=O)C1NNCC1c1cccc(OC)c1OC. The van der Waals surface area contributed by atoms with E-state index in [4.69, 9.17) is 9.47 Å². The van der Waals surface area contributed by atoms with Crippen molar-refractivity contribution in [1.29, 1.82) is 0 Å². The summed E-state index contributed by atoms with van der Waals surface area (Å²) in [7, 11) is -0.0912. The molecule has 112 valence electrons. The fourth-order valence-electron chi connectivity index (χ4n) is 2.47. The molecule has 1 heterocycles. The maximum absolute atomic E-state index is 12.2. The number of rotatable bonds is 5. The molecule has 1 aromatic rings. The first kappa shape index (κ1) is 15.1. The van der Waals surface area contributed by atoms with Crippen LogP contribution in [-0.4, -0.2) is 40.3 Å². The maximum atomic E-state index is 12.2. The van der Waals surface area contributed by atoms with Crippen LogP contribution in [0.25, 0.3) is 0 Å². The van der Waals surface area contributed by atoms with Crippen molar-refractivity contribution < 1.29 is 17.9 Å². The molecule has 0 saturated carbocycles. The number of hydrazine groups is 1. The Hall–Kier alpha value is -1.31. The van der Waals surface area contributed by atoms with Crippen molar-refractivity contribution in [3.05, 3.63) is 23.8 Å². The van der Waals surface area contributed by atoms with Gasteiger partial charge < -0.3 is 9.47 Å². The van der Waals surface area contributed by atoms with Crippen LogP contribution in [0.2, 0.25) is 0 Å². The Balaban J connectivity index is 2.45. The van der Waals surface area contributed by atoms with Crippen molar-refractivity contribution >= 4 is 9.84 Å². The molecule has 0 bridgehead atoms. The zero-order valence-corrected chi connectivity index (χ0v) is 12.7. The minimum absolute atomic E-state index is 0.0924. The molecule has 0 spiro atoms. The summed E-state index contributed by atoms with van der Waals surface area (Å²) in [5, 5.41) is -0.659. The van der Waals surface area contributed by atoms with Crippen LogP contribution in [0.5, 0.6) is 11.5 Å². The zero-order valence-electron chi connectivity index (χ0n) is 11.8. The summed E-state index contributed by atoms with van der Waals surface area (Å²) in [6.45, 7) is 2.17. The number of sulfone groups is 1. The Kier molecular flexibility index (Phi) is 4.52. The first-order valence-electron chi connectivity index (χ1n) is 6.46. The lowest BCUT2D eigenvalue weighted by molar-refractivity contribution is 0.349. The van der Waals surface area contributed by atoms with Gasteiger partial charge in [0.2, 0.25) is 0 Å². The number of benzene rings is 1. The summed E-state index contributed by atoms with van der Waals surface area (Å²) in [6, 6.07) is 5.50. The molecular weight excluding hydrogens is 280 g/mol. The smallest absolute Gasteiger partial charge is 0.167 e. The van der Waals surface area contributed by atoms with Crippen molar-refractivity contribution in [3.8, 4) is 11.5 Å². The summed E-state index contributed by atoms with van der Waals surface area (Å²) >= 11 is 0. The molecule has 0 radical (unpaired) electrons. The van der Waals surface area contributed by atoms with Gasteiger partial charge in [0.05, 0.1) is 14.2 Å². The molecule has 2 N–H and O–H groups in total. The van der Waals surface area contributed by atoms with Gasteiger partial charge >= 0.3 is 0 Å². The predicted molar refractivity (Wildman–Crippen MR) is 76.7 cm³/mol. The van der Waals surface area contributed by atoms with E-state index in [2.05, 4.69) is 10.9 Å². The van der Waals surface area contributed by atoms with Crippen molar-refractivity contribution in [2.24, 2.45) is 0 Å². The average Bonchev–Trinajstić information content (AvgIpc) is 2.96. The molecule has 1 aliphatic heterocycles. The van der Waals surface area contributed by atoms with Crippen LogP contribution in [0, 0.1) is 0 Å². The molecule has 1 aromatic carbocycles. The lowest BCUT2D eigenvalue weighted by Gasteiger charge is -2.21. The van der Waals surface area contributed by atoms with Crippen molar-refractivity contribution in [1.82, 2.24) is 10.9 Å². The van der Waals surface area contributed by atoms with E-state index in [-0.39, 0.29) is 11.7 Å². The first-order valence-corrected chi connectivity index (χ1v) is 8.17. The third-order valence-electron chi connectivity index (χ3n) is 3.55. The van der Waals surface area contributed by atoms with Gasteiger partial charge in [-0.2, -0.15) is 0 Å². The van der Waals surface area contributed by atoms with E-state index in [0.29, 0.717) is 18.0 Å². The molecule has 2 rings (SSSR count). The minimum Gasteiger partial charge on any atom is -0.493 e. The van der Waals surface area contributed by atoms with Gasteiger partial charge in [0.15, 0.2) is 21.3 Å². The van der Waals surface area contributed by atoms with E-state index >= 15 is 0 Å². The van der Waals surface area contributed by atoms with Crippen LogP contribution >= 0.6 is 0 Å². The fraction of sp³-hybridized carbons (Fsp3) is 0.538. The van der Waals surface area contributed by atoms with Gasteiger partial charge in [0, 0.05) is 23.8 Å². The molecule has 1 aliphatic rings. The van der Waals surface area contributed by atoms with Crippen molar-refractivity contribution in [2.45, 2.75) is 18.2 Å². The first-order chi connectivity index (χ1) is 9.55. The van der Waals surface area contributed by atoms with E-state index in [9.17, 15) is 8.42 Å². The summed E-state index contributed by atoms with van der Waals surface area (Å²) in [5.74, 6) is 1.06. The standard InChI is InChI=1S/C13H20N2O4S/c1-4-20(16,17)13-10(8-14-15-13)9-6-5-7-11(18-2)12(9)19-3/h5-7,10,13-15H,4,8H2,1-3H3. The lowest BCUT2D eigenvalue weighted by atomic mass is 9.98. The second-order valence-electron chi connectivity index (χ2n) is 4.59. The summed E-state index contributed by atoms with van der Waals surface area (Å²) < 4.78 is 35.0. The molecule has 2 unspecified atom stereocenters. The molecular formula is C13H20N2O4S. The topological polar surface area (TPSA) is 76.7 Å². The molecule has 7 heteroatoms. The van der Waals surface area contributed by atoms with Crippen LogP contribution in [0.4, 0.5) is 0 Å². The van der Waals surface area contributed by atoms with E-state index in [1.54, 1.807) is 27.2 Å². The molecule has 2 atom stereocenters. The van der Waals surface area contributed by atoms with Crippen LogP contribution in [0.3, 0.4) is 0 Å². The highest BCUT2D eigenvalue weighted by Gasteiger charge is 2.39. The van der Waals surface area contributed by atoms with Crippen molar-refractivity contribution in [3.63, 3.8) is 0 Å². The Labute approximate surface area is 119 Å². The maximum Gasteiger partial charge on any atom is 0.167 e. The van der Waals surface area contributed by atoms with Crippen LogP contribution in [0.1, 0.15) is 18.4 Å². The Bertz CT molecular complexity index is 574. The third kappa shape index (κ3) is 2.61. The van der Waals surface area contributed by atoms with Crippen molar-refractivity contribution in [2.75, 3.05) is 26.5 Å². The van der Waals surface area contributed by atoms with Gasteiger partial charge in [0.1, 0.15) is 5.37 Å². The largest absolute Gasteiger partial charge is 0.493 e. The number of methoxy groups -OCH3 is 2. The molecule has 0 aliphatic carbocycles. The number of para-hydroxylation sites is 1. The Morgan fingerprint density at radius 3 is 2.65 bits per heavy atom. The quantitative estimate of drug-likeness (QED) is 0.832. The van der Waals surface area contributed by atoms with Gasteiger partial charge in [0.25, 0.3) is 0 Å². The second-order valence-corrected chi connectivity index (χ2v) is 7.00. The van der Waals surface area contributed by atoms with E-state index < -0.39 is 15.2 Å². The monoisotopic (exact) mass is 300 g/mol. The highest BCUT2D eigenvalue weighted by atomic mass is 32.2. The predicted octanol–water partition coefficient (Wildman–Crippen LogP) is 0.656. The Morgan fingerprint density at radius 1 is 1.30 bits per heavy atom. The Morgan fingerprint density at radius 2 is 2.05 bits per heavy atom. The summed E-state index contributed by atoms with van der Waals surface area (Å²) in [4.78, 5) is 0. The highest BCUT2D eigenvalue weighted by Crippen LogP contribution is 2.38. The lowest BCUT2D eigenvalue weighted by Crippen LogP contribution is -2.39. The minimum atomic E-state index is -3.21. The normalized spacial score (nSPS) is 22.8. The average molecular weight is 300 g/mol. The van der Waals surface area contributed by atoms with E-state index in [1.165, 1.54) is 0 Å². The summed E-state index contributed by atoms with van der Waals surface area (Å²) in [6.07, 6.45) is 0. The molecule has 1 fully saturated rings. The molecule has 6 nitrogen and oxygen atoms in total. The molecule has 0 aromatic heterocycles. The number of hydrogen-bond donors (Lipinski definition) is 2. The fourth-order valence-corrected chi connectivity index (χ4v) is 3.84.